The fourth-order valence-electron chi connectivity index (χ4n) is 2.55. The number of aromatic nitrogens is 2. The lowest BCUT2D eigenvalue weighted by Crippen LogP contribution is -2.60. The van der Waals surface area contributed by atoms with Crippen LogP contribution in [-0.2, 0) is 19.2 Å². The number of ether oxygens (including phenoxy) is 1. The molecule has 1 saturated heterocycles. The molecule has 1 fully saturated rings. The maximum absolute atomic E-state index is 12.8. The second kappa shape index (κ2) is 7.01. The molecular weight excluding hydrogens is 443 g/mol. The number of fused-ring (bicyclic) bond motifs is 1. The predicted octanol–water partition coefficient (Wildman–Crippen LogP) is 0.971. The van der Waals surface area contributed by atoms with Gasteiger partial charge in [0.05, 0.1) is 19.4 Å². The number of amides is 3. The second-order valence-corrected chi connectivity index (χ2v) is 6.38. The van der Waals surface area contributed by atoms with E-state index < -0.39 is 41.1 Å². The minimum Gasteiger partial charge on any atom is -0.378 e. The smallest absolute Gasteiger partial charge is 0.378 e. The highest BCUT2D eigenvalue weighted by molar-refractivity contribution is 9.10. The standard InChI is InChI=1S/C13H11BrF3N5O5/c14-7-5-18-9-10(19-7)22(12(25)20-9,27-11(24)13(15,16)17)6-8(23)21-1-3-26-4-2-21/h5H,1-4,6H2/p+1. The number of hydroxylamine groups is 2. The van der Waals surface area contributed by atoms with Crippen molar-refractivity contribution in [1.82, 2.24) is 19.5 Å². The number of hydrogen-bond acceptors (Lipinski definition) is 7. The zero-order chi connectivity index (χ0) is 19.8. The molecule has 1 aromatic rings. The third-order valence-corrected chi connectivity index (χ3v) is 4.19. The zero-order valence-electron chi connectivity index (χ0n) is 13.5. The number of hydrogen-bond donors (Lipinski definition) is 1. The van der Waals surface area contributed by atoms with Gasteiger partial charge in [-0.2, -0.15) is 18.2 Å². The van der Waals surface area contributed by atoms with Crippen LogP contribution in [0.15, 0.2) is 10.8 Å². The van der Waals surface area contributed by atoms with Crippen LogP contribution < -0.4 is 9.96 Å². The number of nitrogens with zero attached hydrogens (tertiary/aromatic N) is 4. The van der Waals surface area contributed by atoms with Crippen LogP contribution in [0.3, 0.4) is 0 Å². The van der Waals surface area contributed by atoms with Gasteiger partial charge in [0.2, 0.25) is 12.4 Å². The average Bonchev–Trinajstić information content (AvgIpc) is 2.86. The molecule has 1 atom stereocenters. The van der Waals surface area contributed by atoms with Gasteiger partial charge in [0.1, 0.15) is 4.60 Å². The Bertz CT molecular complexity index is 801. The summed E-state index contributed by atoms with van der Waals surface area (Å²) in [4.78, 5) is 50.0. The highest BCUT2D eigenvalue weighted by Gasteiger charge is 2.60. The molecule has 3 heterocycles. The molecule has 1 N–H and O–H groups in total. The second-order valence-electron chi connectivity index (χ2n) is 5.56. The largest absolute Gasteiger partial charge is 0.497 e. The molecule has 0 aromatic carbocycles. The van der Waals surface area contributed by atoms with Gasteiger partial charge in [-0.25, -0.2) is 24.7 Å². The van der Waals surface area contributed by atoms with Gasteiger partial charge in [-0.15, -0.1) is 0 Å². The van der Waals surface area contributed by atoms with E-state index in [-0.39, 0.29) is 36.7 Å². The van der Waals surface area contributed by atoms with Gasteiger partial charge in [0, 0.05) is 17.7 Å². The zero-order valence-corrected chi connectivity index (χ0v) is 15.0. The molecule has 3 amide bonds. The maximum Gasteiger partial charge on any atom is 0.497 e. The molecule has 1 aromatic heterocycles. The van der Waals surface area contributed by atoms with E-state index in [0.29, 0.717) is 0 Å². The van der Waals surface area contributed by atoms with Crippen LogP contribution in [0.5, 0.6) is 0 Å². The van der Waals surface area contributed by atoms with Crippen LogP contribution >= 0.6 is 15.9 Å². The van der Waals surface area contributed by atoms with E-state index in [4.69, 9.17) is 4.74 Å². The Balaban J connectivity index is 2.00. The molecule has 0 saturated carbocycles. The summed E-state index contributed by atoms with van der Waals surface area (Å²) >= 11 is 2.99. The first-order valence-electron chi connectivity index (χ1n) is 7.52. The van der Waals surface area contributed by atoms with Gasteiger partial charge in [-0.3, -0.25) is 4.79 Å². The van der Waals surface area contributed by atoms with E-state index in [0.717, 1.165) is 0 Å². The first-order chi connectivity index (χ1) is 12.6. The maximum atomic E-state index is 12.8. The van der Waals surface area contributed by atoms with Gasteiger partial charge < -0.3 is 9.64 Å². The third-order valence-electron chi connectivity index (χ3n) is 3.81. The Kier molecular flexibility index (Phi) is 5.05. The van der Waals surface area contributed by atoms with E-state index in [1.54, 1.807) is 0 Å². The van der Waals surface area contributed by atoms with E-state index in [1.165, 1.54) is 11.1 Å². The summed E-state index contributed by atoms with van der Waals surface area (Å²) < 4.78 is 41.8. The van der Waals surface area contributed by atoms with Crippen LogP contribution in [0.4, 0.5) is 29.6 Å². The molecule has 1 unspecified atom stereocenters. The molecule has 0 spiro atoms. The number of carbonyl (C=O) groups is 3. The van der Waals surface area contributed by atoms with Gasteiger partial charge in [0.25, 0.3) is 5.91 Å². The summed E-state index contributed by atoms with van der Waals surface area (Å²) in [6.45, 7) is -0.0639. The van der Waals surface area contributed by atoms with Crippen molar-refractivity contribution in [2.45, 2.75) is 6.18 Å². The number of anilines is 1. The van der Waals surface area contributed by atoms with Gasteiger partial charge in [0.15, 0.2) is 0 Å². The normalized spacial score (nSPS) is 22.2. The van der Waals surface area contributed by atoms with E-state index in [1.807, 2.05) is 0 Å². The lowest BCUT2D eigenvalue weighted by atomic mass is 10.3. The molecule has 146 valence electrons. The number of morpholine rings is 1. The summed E-state index contributed by atoms with van der Waals surface area (Å²) in [6, 6.07) is -1.19. The minimum atomic E-state index is -5.38. The topological polar surface area (TPSA) is 111 Å². The molecule has 2 aliphatic rings. The van der Waals surface area contributed by atoms with E-state index >= 15 is 0 Å². The quantitative estimate of drug-likeness (QED) is 0.677. The Labute approximate surface area is 157 Å². The Hall–Kier alpha value is -2.32. The number of nitrogens with one attached hydrogen (secondary N) is 1. The molecule has 2 aliphatic heterocycles. The lowest BCUT2D eigenvalue weighted by molar-refractivity contribution is -0.225. The molecule has 10 nitrogen and oxygen atoms in total. The van der Waals surface area contributed by atoms with E-state index in [9.17, 15) is 27.6 Å². The van der Waals surface area contributed by atoms with Crippen molar-refractivity contribution in [2.75, 3.05) is 38.2 Å². The monoisotopic (exact) mass is 454 g/mol. The van der Waals surface area contributed by atoms with E-state index in [2.05, 4.69) is 36.1 Å². The molecular formula is C13H12BrF3N5O5+. The molecule has 0 aliphatic carbocycles. The number of alkyl halides is 3. The summed E-state index contributed by atoms with van der Waals surface area (Å²) in [5.74, 6) is -4.00. The summed E-state index contributed by atoms with van der Waals surface area (Å²) in [7, 11) is 0. The van der Waals surface area contributed by atoms with Crippen molar-refractivity contribution >= 4 is 45.5 Å². The highest BCUT2D eigenvalue weighted by atomic mass is 79.9. The lowest BCUT2D eigenvalue weighted by Gasteiger charge is -2.30. The van der Waals surface area contributed by atoms with Crippen molar-refractivity contribution in [1.29, 1.82) is 0 Å². The van der Waals surface area contributed by atoms with Gasteiger partial charge in [-0.1, -0.05) is 0 Å². The van der Waals surface area contributed by atoms with Crippen LogP contribution in [0.2, 0.25) is 0 Å². The first-order valence-corrected chi connectivity index (χ1v) is 8.32. The average molecular weight is 455 g/mol. The van der Waals surface area contributed by atoms with Crippen molar-refractivity contribution in [3.8, 4) is 0 Å². The van der Waals surface area contributed by atoms with Crippen molar-refractivity contribution < 1.29 is 37.1 Å². The number of urea groups is 1. The van der Waals surface area contributed by atoms with Crippen molar-refractivity contribution in [3.63, 3.8) is 0 Å². The summed E-state index contributed by atoms with van der Waals surface area (Å²) in [5, 5.41) is 2.18. The molecule has 14 heteroatoms. The number of carbonyl (C=O) groups excluding carboxylic acids is 3. The third kappa shape index (κ3) is 3.72. The summed E-state index contributed by atoms with van der Waals surface area (Å²) in [5.41, 5.74) is 0. The Morgan fingerprint density at radius 2 is 2.04 bits per heavy atom. The number of quaternary nitrogens is 1. The van der Waals surface area contributed by atoms with Crippen LogP contribution in [0.1, 0.15) is 0 Å². The van der Waals surface area contributed by atoms with Crippen molar-refractivity contribution in [3.05, 3.63) is 10.8 Å². The van der Waals surface area contributed by atoms with Crippen LogP contribution in [-0.4, -0.2) is 71.8 Å². The fourth-order valence-corrected chi connectivity index (χ4v) is 2.82. The van der Waals surface area contributed by atoms with Crippen LogP contribution in [0, 0.1) is 0 Å². The summed E-state index contributed by atoms with van der Waals surface area (Å²) in [6.07, 6.45) is -4.19. The first kappa shape index (κ1) is 19.4. The molecule has 0 bridgehead atoms. The van der Waals surface area contributed by atoms with Crippen LogP contribution in [0.25, 0.3) is 0 Å². The fraction of sp³-hybridized carbons (Fsp3) is 0.462. The molecule has 3 rings (SSSR count). The predicted molar refractivity (Wildman–Crippen MR) is 85.0 cm³/mol. The minimum absolute atomic E-state index is 0.0714. The number of rotatable bonds is 3. The Morgan fingerprint density at radius 3 is 2.67 bits per heavy atom. The van der Waals surface area contributed by atoms with Gasteiger partial charge in [-0.05, 0) is 15.9 Å². The van der Waals surface area contributed by atoms with Gasteiger partial charge >= 0.3 is 24.0 Å². The number of halogens is 4. The van der Waals surface area contributed by atoms with Crippen molar-refractivity contribution in [2.24, 2.45) is 0 Å². The highest BCUT2D eigenvalue weighted by Crippen LogP contribution is 2.38. The molecule has 0 radical (unpaired) electrons. The SMILES string of the molecule is O=C(C[N+]1(OC(=O)C(F)(F)F)C(=O)Nc2ncc(Br)nc21)N1CCOCC1. The molecule has 27 heavy (non-hydrogen) atoms. The Morgan fingerprint density at radius 1 is 1.37 bits per heavy atom.